The molecule has 1 heterocycles. The Kier molecular flexibility index (Phi) is 4.29. The summed E-state index contributed by atoms with van der Waals surface area (Å²) in [4.78, 5) is 25.9. The molecule has 1 saturated heterocycles. The molecule has 2 fully saturated rings. The largest absolute Gasteiger partial charge is 0.339 e. The van der Waals surface area contributed by atoms with Crippen LogP contribution < -0.4 is 0 Å². The summed E-state index contributed by atoms with van der Waals surface area (Å²) in [5.74, 6) is 0.627. The standard InChI is InChI=1S/C17H20ClNO2/c18-16-4-2-1-3-12(16)11-13-9-10-19(17(13)21)14-5-7-15(20)8-6-14/h1-4,13-14H,5-11H2. The molecule has 1 aromatic rings. The van der Waals surface area contributed by atoms with Gasteiger partial charge in [0.05, 0.1) is 0 Å². The van der Waals surface area contributed by atoms with Crippen LogP contribution in [0.15, 0.2) is 24.3 Å². The molecular weight excluding hydrogens is 286 g/mol. The van der Waals surface area contributed by atoms with Gasteiger partial charge >= 0.3 is 0 Å². The number of Topliss-reactive ketones (excluding diaryl/α,β-unsaturated/α-hetero) is 1. The normalized spacial score (nSPS) is 23.9. The fourth-order valence-electron chi connectivity index (χ4n) is 3.48. The average Bonchev–Trinajstić information content (AvgIpc) is 2.84. The van der Waals surface area contributed by atoms with Gasteiger partial charge in [0.2, 0.25) is 5.91 Å². The zero-order chi connectivity index (χ0) is 14.8. The van der Waals surface area contributed by atoms with Crippen LogP contribution in [0.25, 0.3) is 0 Å². The number of carbonyl (C=O) groups excluding carboxylic acids is 2. The molecule has 1 unspecified atom stereocenters. The van der Waals surface area contributed by atoms with Crippen molar-refractivity contribution in [3.8, 4) is 0 Å². The fourth-order valence-corrected chi connectivity index (χ4v) is 3.69. The molecule has 1 aliphatic carbocycles. The quantitative estimate of drug-likeness (QED) is 0.859. The number of hydrogen-bond acceptors (Lipinski definition) is 2. The summed E-state index contributed by atoms with van der Waals surface area (Å²) in [5, 5.41) is 0.743. The molecule has 0 aromatic heterocycles. The van der Waals surface area contributed by atoms with Crippen molar-refractivity contribution in [1.82, 2.24) is 4.90 Å². The van der Waals surface area contributed by atoms with E-state index < -0.39 is 0 Å². The predicted octanol–water partition coefficient (Wildman–Crippen LogP) is 3.24. The molecule has 0 N–H and O–H groups in total. The number of nitrogens with zero attached hydrogens (tertiary/aromatic N) is 1. The first kappa shape index (κ1) is 14.6. The number of halogens is 1. The maximum atomic E-state index is 12.6. The van der Waals surface area contributed by atoms with Crippen molar-refractivity contribution in [2.24, 2.45) is 5.92 Å². The molecule has 1 amide bonds. The van der Waals surface area contributed by atoms with Gasteiger partial charge in [-0.1, -0.05) is 29.8 Å². The molecule has 2 aliphatic rings. The zero-order valence-corrected chi connectivity index (χ0v) is 12.8. The van der Waals surface area contributed by atoms with Gasteiger partial charge in [-0.05, 0) is 37.3 Å². The second kappa shape index (κ2) is 6.18. The van der Waals surface area contributed by atoms with E-state index in [0.717, 1.165) is 42.8 Å². The molecule has 1 saturated carbocycles. The summed E-state index contributed by atoms with van der Waals surface area (Å²) in [6, 6.07) is 8.02. The van der Waals surface area contributed by atoms with Crippen molar-refractivity contribution in [3.05, 3.63) is 34.9 Å². The fraction of sp³-hybridized carbons (Fsp3) is 0.529. The first-order chi connectivity index (χ1) is 10.1. The molecule has 4 heteroatoms. The van der Waals surface area contributed by atoms with Gasteiger partial charge in [0, 0.05) is 36.4 Å². The van der Waals surface area contributed by atoms with Crippen molar-refractivity contribution in [3.63, 3.8) is 0 Å². The first-order valence-electron chi connectivity index (χ1n) is 7.70. The highest BCUT2D eigenvalue weighted by atomic mass is 35.5. The monoisotopic (exact) mass is 305 g/mol. The third-order valence-corrected chi connectivity index (χ3v) is 5.10. The number of hydrogen-bond donors (Lipinski definition) is 0. The van der Waals surface area contributed by atoms with Crippen LogP contribution in [0.5, 0.6) is 0 Å². The maximum absolute atomic E-state index is 12.6. The van der Waals surface area contributed by atoms with Crippen LogP contribution >= 0.6 is 11.6 Å². The van der Waals surface area contributed by atoms with Crippen LogP contribution in [0.2, 0.25) is 5.02 Å². The lowest BCUT2D eigenvalue weighted by molar-refractivity contribution is -0.135. The summed E-state index contributed by atoms with van der Waals surface area (Å²) < 4.78 is 0. The number of amides is 1. The highest BCUT2D eigenvalue weighted by molar-refractivity contribution is 6.31. The van der Waals surface area contributed by atoms with E-state index in [9.17, 15) is 9.59 Å². The number of ketones is 1. The van der Waals surface area contributed by atoms with Crippen LogP contribution in [0, 0.1) is 5.92 Å². The number of carbonyl (C=O) groups is 2. The van der Waals surface area contributed by atoms with E-state index >= 15 is 0 Å². The Balaban J connectivity index is 1.64. The Morgan fingerprint density at radius 3 is 2.52 bits per heavy atom. The smallest absolute Gasteiger partial charge is 0.226 e. The zero-order valence-electron chi connectivity index (χ0n) is 12.1. The van der Waals surface area contributed by atoms with E-state index in [1.165, 1.54) is 0 Å². The highest BCUT2D eigenvalue weighted by Crippen LogP contribution is 2.30. The summed E-state index contributed by atoms with van der Waals surface area (Å²) in [7, 11) is 0. The molecule has 1 atom stereocenters. The molecule has 21 heavy (non-hydrogen) atoms. The summed E-state index contributed by atoms with van der Waals surface area (Å²) in [6.45, 7) is 0.826. The molecular formula is C17H20ClNO2. The van der Waals surface area contributed by atoms with E-state index in [2.05, 4.69) is 0 Å². The van der Waals surface area contributed by atoms with Crippen LogP contribution in [0.4, 0.5) is 0 Å². The van der Waals surface area contributed by atoms with Crippen molar-refractivity contribution < 1.29 is 9.59 Å². The van der Waals surface area contributed by atoms with E-state index in [4.69, 9.17) is 11.6 Å². The topological polar surface area (TPSA) is 37.4 Å². The second-order valence-electron chi connectivity index (χ2n) is 6.08. The number of likely N-dealkylation sites (tertiary alicyclic amines) is 1. The number of benzene rings is 1. The third kappa shape index (κ3) is 3.13. The van der Waals surface area contributed by atoms with E-state index in [1.54, 1.807) is 0 Å². The lowest BCUT2D eigenvalue weighted by Crippen LogP contribution is -2.40. The molecule has 1 aliphatic heterocycles. The van der Waals surface area contributed by atoms with Crippen molar-refractivity contribution in [2.45, 2.75) is 44.6 Å². The van der Waals surface area contributed by atoms with Gasteiger partial charge in [0.1, 0.15) is 5.78 Å². The van der Waals surface area contributed by atoms with Gasteiger partial charge < -0.3 is 4.90 Å². The van der Waals surface area contributed by atoms with E-state index in [1.807, 2.05) is 29.2 Å². The summed E-state index contributed by atoms with van der Waals surface area (Å²) >= 11 is 6.19. The summed E-state index contributed by atoms with van der Waals surface area (Å²) in [5.41, 5.74) is 1.05. The Bertz CT molecular complexity index is 547. The summed E-state index contributed by atoms with van der Waals surface area (Å²) in [6.07, 6.45) is 4.55. The molecule has 0 spiro atoms. The second-order valence-corrected chi connectivity index (χ2v) is 6.49. The van der Waals surface area contributed by atoms with Crippen LogP contribution in [0.1, 0.15) is 37.7 Å². The lowest BCUT2D eigenvalue weighted by atomic mass is 9.93. The average molecular weight is 306 g/mol. The minimum absolute atomic E-state index is 0.0440. The van der Waals surface area contributed by atoms with Gasteiger partial charge in [-0.2, -0.15) is 0 Å². The SMILES string of the molecule is O=C1CCC(N2CCC(Cc3ccccc3Cl)C2=O)CC1. The highest BCUT2D eigenvalue weighted by Gasteiger charge is 2.37. The third-order valence-electron chi connectivity index (χ3n) is 4.73. The van der Waals surface area contributed by atoms with Crippen molar-refractivity contribution >= 4 is 23.3 Å². The van der Waals surface area contributed by atoms with Crippen LogP contribution in [-0.2, 0) is 16.0 Å². The first-order valence-corrected chi connectivity index (χ1v) is 8.08. The van der Waals surface area contributed by atoms with Crippen molar-refractivity contribution in [2.75, 3.05) is 6.54 Å². The predicted molar refractivity (Wildman–Crippen MR) is 82.2 cm³/mol. The van der Waals surface area contributed by atoms with Gasteiger partial charge in [-0.25, -0.2) is 0 Å². The van der Waals surface area contributed by atoms with Crippen LogP contribution in [-0.4, -0.2) is 29.2 Å². The van der Waals surface area contributed by atoms with Gasteiger partial charge in [0.15, 0.2) is 0 Å². The minimum Gasteiger partial charge on any atom is -0.339 e. The molecule has 3 rings (SSSR count). The lowest BCUT2D eigenvalue weighted by Gasteiger charge is -2.30. The molecule has 3 nitrogen and oxygen atoms in total. The van der Waals surface area contributed by atoms with E-state index in [0.29, 0.717) is 18.6 Å². The van der Waals surface area contributed by atoms with E-state index in [-0.39, 0.29) is 17.9 Å². The maximum Gasteiger partial charge on any atom is 0.226 e. The molecule has 0 radical (unpaired) electrons. The van der Waals surface area contributed by atoms with Crippen LogP contribution in [0.3, 0.4) is 0 Å². The van der Waals surface area contributed by atoms with Gasteiger partial charge in [0.25, 0.3) is 0 Å². The molecule has 112 valence electrons. The Morgan fingerprint density at radius 2 is 1.81 bits per heavy atom. The molecule has 0 bridgehead atoms. The van der Waals surface area contributed by atoms with Gasteiger partial charge in [-0.15, -0.1) is 0 Å². The Morgan fingerprint density at radius 1 is 1.10 bits per heavy atom. The van der Waals surface area contributed by atoms with Gasteiger partial charge in [-0.3, -0.25) is 9.59 Å². The molecule has 1 aromatic carbocycles. The van der Waals surface area contributed by atoms with Crippen molar-refractivity contribution in [1.29, 1.82) is 0 Å². The Hall–Kier alpha value is -1.35. The Labute approximate surface area is 130 Å². The number of rotatable bonds is 3. The minimum atomic E-state index is 0.0440.